The molecule has 2 aliphatic heterocycles. The monoisotopic (exact) mass is 517 g/mol. The quantitative estimate of drug-likeness (QED) is 0.480. The largest absolute Gasteiger partial charge is 0.494 e. The van der Waals surface area contributed by atoms with Crippen LogP contribution in [-0.2, 0) is 10.2 Å². The van der Waals surface area contributed by atoms with Gasteiger partial charge in [0.15, 0.2) is 0 Å². The third kappa shape index (κ3) is 8.39. The number of rotatable bonds is 7. The van der Waals surface area contributed by atoms with Gasteiger partial charge in [-0.3, -0.25) is 0 Å². The molecule has 0 saturated carbocycles. The molecule has 2 aromatic rings. The van der Waals surface area contributed by atoms with Crippen LogP contribution in [0.15, 0.2) is 54.6 Å². The predicted octanol–water partition coefficient (Wildman–Crippen LogP) is 5.64. The number of hydrogen-bond donors (Lipinski definition) is 1. The Labute approximate surface area is 216 Å². The number of nitriles is 1. The van der Waals surface area contributed by atoms with Crippen molar-refractivity contribution in [1.82, 2.24) is 4.90 Å². The lowest BCUT2D eigenvalue weighted by Gasteiger charge is -2.38. The zero-order valence-corrected chi connectivity index (χ0v) is 20.9. The molecule has 1 N–H and O–H groups in total. The molecule has 0 amide bonds. The van der Waals surface area contributed by atoms with Crippen LogP contribution in [0.4, 0.5) is 18.9 Å². The van der Waals surface area contributed by atoms with Gasteiger partial charge in [0.05, 0.1) is 18.1 Å². The van der Waals surface area contributed by atoms with E-state index in [1.165, 1.54) is 38.0 Å². The summed E-state index contributed by atoms with van der Waals surface area (Å²) in [6.45, 7) is 6.23. The smallest absolute Gasteiger partial charge is 0.490 e. The van der Waals surface area contributed by atoms with Gasteiger partial charge in [0, 0.05) is 25.3 Å². The first-order chi connectivity index (χ1) is 17.7. The van der Waals surface area contributed by atoms with Gasteiger partial charge in [-0.25, -0.2) is 4.79 Å². The Kier molecular flexibility index (Phi) is 10.2. The molecular weight excluding hydrogens is 483 g/mol. The van der Waals surface area contributed by atoms with Crippen molar-refractivity contribution >= 4 is 11.7 Å². The molecule has 2 saturated heterocycles. The molecule has 2 aliphatic rings. The fraction of sp³-hybridized carbons (Fsp3) is 0.500. The highest BCUT2D eigenvalue weighted by atomic mass is 19.4. The summed E-state index contributed by atoms with van der Waals surface area (Å²) >= 11 is 0. The standard InChI is InChI=1S/C26H33N3O.C2HF3O2/c27-22-26(23-8-3-1-4-9-23)14-19-29(20-15-26)24-10-12-25(13-11-24)30-21-7-18-28-16-5-2-6-17-28;3-2(4,5)1(6)7/h1,3-4,8-13H,2,5-7,14-21H2;(H,6,7). The Morgan fingerprint density at radius 3 is 2.11 bits per heavy atom. The van der Waals surface area contributed by atoms with Gasteiger partial charge in [-0.15, -0.1) is 0 Å². The van der Waals surface area contributed by atoms with Crippen molar-refractivity contribution in [2.45, 2.75) is 50.1 Å². The molecule has 6 nitrogen and oxygen atoms in total. The summed E-state index contributed by atoms with van der Waals surface area (Å²) in [7, 11) is 0. The highest BCUT2D eigenvalue weighted by molar-refractivity contribution is 5.73. The number of carboxylic acid groups (broad SMARTS) is 1. The average molecular weight is 518 g/mol. The maximum absolute atomic E-state index is 10.6. The molecule has 2 heterocycles. The normalized spacial score (nSPS) is 17.7. The van der Waals surface area contributed by atoms with E-state index in [-0.39, 0.29) is 5.41 Å². The molecule has 0 bridgehead atoms. The molecule has 0 spiro atoms. The first-order valence-corrected chi connectivity index (χ1v) is 12.7. The number of halogens is 3. The number of aliphatic carboxylic acids is 1. The van der Waals surface area contributed by atoms with E-state index in [2.05, 4.69) is 52.3 Å². The van der Waals surface area contributed by atoms with Gasteiger partial charge in [-0.1, -0.05) is 36.8 Å². The highest BCUT2D eigenvalue weighted by Gasteiger charge is 2.38. The van der Waals surface area contributed by atoms with E-state index in [0.29, 0.717) is 0 Å². The van der Waals surface area contributed by atoms with E-state index in [1.807, 2.05) is 18.2 Å². The summed E-state index contributed by atoms with van der Waals surface area (Å²) in [6.07, 6.45) is 1.81. The lowest BCUT2D eigenvalue weighted by Crippen LogP contribution is -2.41. The number of anilines is 1. The van der Waals surface area contributed by atoms with Crippen LogP contribution in [0.5, 0.6) is 5.75 Å². The second-order valence-corrected chi connectivity index (χ2v) is 9.45. The maximum atomic E-state index is 10.6. The van der Waals surface area contributed by atoms with E-state index in [4.69, 9.17) is 14.6 Å². The maximum Gasteiger partial charge on any atom is 0.490 e. The molecule has 0 radical (unpaired) electrons. The van der Waals surface area contributed by atoms with E-state index < -0.39 is 12.1 Å². The van der Waals surface area contributed by atoms with Gasteiger partial charge < -0.3 is 19.6 Å². The molecule has 4 rings (SSSR count). The minimum Gasteiger partial charge on any atom is -0.494 e. The van der Waals surface area contributed by atoms with Crippen LogP contribution in [0.25, 0.3) is 0 Å². The SMILES string of the molecule is N#CC1(c2ccccc2)CCN(c2ccc(OCCCN3CCCCC3)cc2)CC1.O=C(O)C(F)(F)F. The number of carbonyl (C=O) groups is 1. The topological polar surface area (TPSA) is 76.8 Å². The first-order valence-electron chi connectivity index (χ1n) is 12.7. The number of nitrogens with zero attached hydrogens (tertiary/aromatic N) is 3. The first kappa shape index (κ1) is 28.3. The number of hydrogen-bond acceptors (Lipinski definition) is 5. The second-order valence-electron chi connectivity index (χ2n) is 9.45. The van der Waals surface area contributed by atoms with Crippen molar-refractivity contribution in [2.24, 2.45) is 0 Å². The molecule has 0 atom stereocenters. The number of likely N-dealkylation sites (tertiary alicyclic amines) is 1. The summed E-state index contributed by atoms with van der Waals surface area (Å²) in [5.74, 6) is -1.81. The van der Waals surface area contributed by atoms with Gasteiger partial charge in [0.25, 0.3) is 0 Å². The van der Waals surface area contributed by atoms with Gasteiger partial charge in [0.1, 0.15) is 5.75 Å². The summed E-state index contributed by atoms with van der Waals surface area (Å²) in [6, 6.07) is 21.4. The molecule has 0 aliphatic carbocycles. The molecule has 0 aromatic heterocycles. The molecule has 0 unspecified atom stereocenters. The average Bonchev–Trinajstić information content (AvgIpc) is 2.92. The van der Waals surface area contributed by atoms with Crippen LogP contribution >= 0.6 is 0 Å². The Morgan fingerprint density at radius 1 is 0.973 bits per heavy atom. The minimum atomic E-state index is -5.08. The van der Waals surface area contributed by atoms with Crippen LogP contribution in [0.3, 0.4) is 0 Å². The van der Waals surface area contributed by atoms with Crippen molar-refractivity contribution in [3.8, 4) is 11.8 Å². The van der Waals surface area contributed by atoms with Gasteiger partial charge >= 0.3 is 12.1 Å². The van der Waals surface area contributed by atoms with E-state index >= 15 is 0 Å². The lowest BCUT2D eigenvalue weighted by atomic mass is 9.74. The van der Waals surface area contributed by atoms with E-state index in [9.17, 15) is 18.4 Å². The van der Waals surface area contributed by atoms with Crippen LogP contribution < -0.4 is 9.64 Å². The Bertz CT molecular complexity index is 1010. The lowest BCUT2D eigenvalue weighted by molar-refractivity contribution is -0.192. The van der Waals surface area contributed by atoms with Crippen LogP contribution in [0.2, 0.25) is 0 Å². The number of ether oxygens (including phenoxy) is 1. The van der Waals surface area contributed by atoms with Crippen molar-refractivity contribution in [1.29, 1.82) is 5.26 Å². The second kappa shape index (κ2) is 13.3. The summed E-state index contributed by atoms with van der Waals surface area (Å²) < 4.78 is 37.7. The van der Waals surface area contributed by atoms with Crippen molar-refractivity contribution in [3.05, 3.63) is 60.2 Å². The van der Waals surface area contributed by atoms with Gasteiger partial charge in [-0.05, 0) is 75.0 Å². The van der Waals surface area contributed by atoms with Gasteiger partial charge in [0.2, 0.25) is 0 Å². The zero-order valence-electron chi connectivity index (χ0n) is 20.9. The van der Waals surface area contributed by atoms with Crippen molar-refractivity contribution in [3.63, 3.8) is 0 Å². The Balaban J connectivity index is 0.000000479. The zero-order chi connectivity index (χ0) is 26.7. The van der Waals surface area contributed by atoms with Crippen molar-refractivity contribution < 1.29 is 27.8 Å². The van der Waals surface area contributed by atoms with E-state index in [0.717, 1.165) is 56.8 Å². The molecular formula is C28H34F3N3O3. The summed E-state index contributed by atoms with van der Waals surface area (Å²) in [5, 5.41) is 17.0. The molecule has 2 fully saturated rings. The number of alkyl halides is 3. The molecule has 37 heavy (non-hydrogen) atoms. The minimum absolute atomic E-state index is 0.352. The van der Waals surface area contributed by atoms with Crippen LogP contribution in [-0.4, -0.2) is 61.5 Å². The fourth-order valence-corrected chi connectivity index (χ4v) is 4.78. The molecule has 2 aromatic carbocycles. The van der Waals surface area contributed by atoms with Gasteiger partial charge in [-0.2, -0.15) is 18.4 Å². The van der Waals surface area contributed by atoms with Crippen LogP contribution in [0.1, 0.15) is 44.1 Å². The predicted molar refractivity (Wildman–Crippen MR) is 136 cm³/mol. The summed E-state index contributed by atoms with van der Waals surface area (Å²) in [5.41, 5.74) is 2.02. The molecule has 9 heteroatoms. The van der Waals surface area contributed by atoms with E-state index in [1.54, 1.807) is 0 Å². The number of piperidine rings is 2. The van der Waals surface area contributed by atoms with Crippen LogP contribution in [0, 0.1) is 11.3 Å². The number of carboxylic acids is 1. The number of benzene rings is 2. The summed E-state index contributed by atoms with van der Waals surface area (Å²) in [4.78, 5) is 13.8. The molecule has 200 valence electrons. The third-order valence-corrected chi connectivity index (χ3v) is 6.94. The Hall–Kier alpha value is -3.25. The van der Waals surface area contributed by atoms with Crippen molar-refractivity contribution in [2.75, 3.05) is 44.2 Å². The Morgan fingerprint density at radius 2 is 1.57 bits per heavy atom. The third-order valence-electron chi connectivity index (χ3n) is 6.94. The fourth-order valence-electron chi connectivity index (χ4n) is 4.78. The highest BCUT2D eigenvalue weighted by Crippen LogP contribution is 2.36.